The van der Waals surface area contributed by atoms with Gasteiger partial charge in [0.2, 0.25) is 0 Å². The Bertz CT molecular complexity index is 1200. The van der Waals surface area contributed by atoms with Crippen LogP contribution in [0.15, 0.2) is 66.2 Å². The molecule has 1 atom stereocenters. The first-order chi connectivity index (χ1) is 18.7. The standard InChI is InChI=1S/C29H34F3N3O4/c1-4-35(28(37)34-14-12-20-7-6-13-33-18-20)19-22-17-23(29(30,31)32)9-10-24(22)25-15-21(8-11-26(25)38-3)16-27(36)39-5-2/h6-11,13,17-18,25H,4-5,12,14-16,19H2,1-3H3,(H,34,37). The molecule has 0 bridgehead atoms. The molecule has 1 aromatic carbocycles. The fourth-order valence-corrected chi connectivity index (χ4v) is 4.51. The second-order valence-electron chi connectivity index (χ2n) is 9.11. The van der Waals surface area contributed by atoms with Crippen LogP contribution in [0.3, 0.4) is 0 Å². The average Bonchev–Trinajstić information content (AvgIpc) is 2.91. The number of urea groups is 1. The summed E-state index contributed by atoms with van der Waals surface area (Å²) >= 11 is 0. The molecule has 2 amide bonds. The van der Waals surface area contributed by atoms with Crippen molar-refractivity contribution < 1.29 is 32.2 Å². The maximum Gasteiger partial charge on any atom is 0.416 e. The Hall–Kier alpha value is -3.82. The molecule has 1 aliphatic rings. The third-order valence-electron chi connectivity index (χ3n) is 6.49. The number of carbonyl (C=O) groups is 2. The summed E-state index contributed by atoms with van der Waals surface area (Å²) in [4.78, 5) is 30.6. The number of rotatable bonds is 11. The third-order valence-corrected chi connectivity index (χ3v) is 6.49. The van der Waals surface area contributed by atoms with Crippen molar-refractivity contribution in [2.75, 3.05) is 26.8 Å². The van der Waals surface area contributed by atoms with Crippen LogP contribution in [-0.4, -0.2) is 48.7 Å². The van der Waals surface area contributed by atoms with Crippen molar-refractivity contribution in [2.24, 2.45) is 0 Å². The van der Waals surface area contributed by atoms with Gasteiger partial charge in [-0.3, -0.25) is 9.78 Å². The van der Waals surface area contributed by atoms with Gasteiger partial charge < -0.3 is 19.7 Å². The van der Waals surface area contributed by atoms with Crippen molar-refractivity contribution in [1.82, 2.24) is 15.2 Å². The van der Waals surface area contributed by atoms with Gasteiger partial charge in [-0.2, -0.15) is 13.2 Å². The van der Waals surface area contributed by atoms with Crippen LogP contribution in [0.2, 0.25) is 0 Å². The van der Waals surface area contributed by atoms with Crippen LogP contribution in [-0.2, 0) is 33.4 Å². The minimum atomic E-state index is -4.54. The van der Waals surface area contributed by atoms with Crippen LogP contribution in [0.5, 0.6) is 0 Å². The normalized spacial score (nSPS) is 15.2. The number of amides is 2. The van der Waals surface area contributed by atoms with E-state index in [1.165, 1.54) is 18.1 Å². The number of halogens is 3. The highest BCUT2D eigenvalue weighted by molar-refractivity contribution is 5.74. The van der Waals surface area contributed by atoms with Gasteiger partial charge in [-0.05, 0) is 67.7 Å². The quantitative estimate of drug-likeness (QED) is 0.363. The fourth-order valence-electron chi connectivity index (χ4n) is 4.51. The molecule has 3 rings (SSSR count). The van der Waals surface area contributed by atoms with Crippen molar-refractivity contribution in [2.45, 2.75) is 51.7 Å². The van der Waals surface area contributed by atoms with E-state index < -0.39 is 17.7 Å². The van der Waals surface area contributed by atoms with Gasteiger partial charge in [-0.25, -0.2) is 4.79 Å². The van der Waals surface area contributed by atoms with E-state index in [0.717, 1.165) is 23.3 Å². The summed E-state index contributed by atoms with van der Waals surface area (Å²) in [6.45, 7) is 4.38. The Morgan fingerprint density at radius 2 is 1.97 bits per heavy atom. The predicted molar refractivity (Wildman–Crippen MR) is 141 cm³/mol. The van der Waals surface area contributed by atoms with Gasteiger partial charge in [-0.15, -0.1) is 0 Å². The Morgan fingerprint density at radius 3 is 2.62 bits per heavy atom. The first-order valence-corrected chi connectivity index (χ1v) is 12.9. The Kier molecular flexibility index (Phi) is 10.5. The smallest absolute Gasteiger partial charge is 0.416 e. The monoisotopic (exact) mass is 545 g/mol. The van der Waals surface area contributed by atoms with E-state index in [2.05, 4.69) is 10.3 Å². The summed E-state index contributed by atoms with van der Waals surface area (Å²) in [7, 11) is 1.50. The van der Waals surface area contributed by atoms with E-state index in [1.807, 2.05) is 12.1 Å². The highest BCUT2D eigenvalue weighted by atomic mass is 19.4. The number of esters is 1. The predicted octanol–water partition coefficient (Wildman–Crippen LogP) is 5.77. The van der Waals surface area contributed by atoms with E-state index in [0.29, 0.717) is 42.8 Å². The number of nitrogens with one attached hydrogen (secondary N) is 1. The largest absolute Gasteiger partial charge is 0.500 e. The summed E-state index contributed by atoms with van der Waals surface area (Å²) in [6, 6.07) is 6.92. The summed E-state index contributed by atoms with van der Waals surface area (Å²) in [5, 5.41) is 2.85. The first-order valence-electron chi connectivity index (χ1n) is 12.9. The molecule has 0 saturated carbocycles. The van der Waals surface area contributed by atoms with Crippen molar-refractivity contribution >= 4 is 12.0 Å². The summed E-state index contributed by atoms with van der Waals surface area (Å²) in [6.07, 6.45) is 3.38. The number of ether oxygens (including phenoxy) is 2. The molecule has 0 radical (unpaired) electrons. The number of benzene rings is 1. The minimum absolute atomic E-state index is 0.0289. The molecule has 1 aromatic heterocycles. The molecule has 7 nitrogen and oxygen atoms in total. The Balaban J connectivity index is 1.85. The van der Waals surface area contributed by atoms with Gasteiger partial charge >= 0.3 is 18.2 Å². The van der Waals surface area contributed by atoms with Gasteiger partial charge in [0, 0.05) is 37.9 Å². The number of allylic oxidation sites excluding steroid dienone is 3. The number of pyridine rings is 1. The van der Waals surface area contributed by atoms with Crippen molar-refractivity contribution in [3.05, 3.63) is 88.5 Å². The number of aromatic nitrogens is 1. The maximum atomic E-state index is 13.7. The summed E-state index contributed by atoms with van der Waals surface area (Å²) in [5.41, 5.74) is 1.91. The molecule has 1 unspecified atom stereocenters. The molecular formula is C29H34F3N3O4. The molecule has 1 aliphatic carbocycles. The van der Waals surface area contributed by atoms with Crippen molar-refractivity contribution in [1.29, 1.82) is 0 Å². The SMILES string of the molecule is CCOC(=O)CC1=CC=C(OC)C(c2ccc(C(F)(F)F)cc2CN(CC)C(=O)NCCc2cccnc2)C1. The summed E-state index contributed by atoms with van der Waals surface area (Å²) < 4.78 is 51.6. The highest BCUT2D eigenvalue weighted by Crippen LogP contribution is 2.40. The van der Waals surface area contributed by atoms with Crippen LogP contribution in [0.1, 0.15) is 54.9 Å². The number of hydrogen-bond donors (Lipinski definition) is 1. The molecule has 39 heavy (non-hydrogen) atoms. The van der Waals surface area contributed by atoms with Gasteiger partial charge in [-0.1, -0.05) is 23.8 Å². The average molecular weight is 546 g/mol. The molecule has 0 aliphatic heterocycles. The lowest BCUT2D eigenvalue weighted by molar-refractivity contribution is -0.142. The van der Waals surface area contributed by atoms with E-state index in [1.54, 1.807) is 38.4 Å². The van der Waals surface area contributed by atoms with E-state index in [9.17, 15) is 22.8 Å². The van der Waals surface area contributed by atoms with Crippen molar-refractivity contribution in [3.8, 4) is 0 Å². The second-order valence-corrected chi connectivity index (χ2v) is 9.11. The number of methoxy groups -OCH3 is 1. The third kappa shape index (κ3) is 8.33. The van der Waals surface area contributed by atoms with Gasteiger partial charge in [0.15, 0.2) is 0 Å². The Morgan fingerprint density at radius 1 is 1.18 bits per heavy atom. The Labute approximate surface area is 226 Å². The lowest BCUT2D eigenvalue weighted by Crippen LogP contribution is -2.40. The molecule has 1 N–H and O–H groups in total. The lowest BCUT2D eigenvalue weighted by atomic mass is 9.82. The zero-order valence-corrected chi connectivity index (χ0v) is 22.4. The van der Waals surface area contributed by atoms with Crippen LogP contribution in [0, 0.1) is 0 Å². The maximum absolute atomic E-state index is 13.7. The van der Waals surface area contributed by atoms with Crippen LogP contribution >= 0.6 is 0 Å². The van der Waals surface area contributed by atoms with Crippen LogP contribution in [0.25, 0.3) is 0 Å². The summed E-state index contributed by atoms with van der Waals surface area (Å²) in [5.74, 6) is -0.230. The molecule has 10 heteroatoms. The fraction of sp³-hybridized carbons (Fsp3) is 0.414. The molecular weight excluding hydrogens is 511 g/mol. The number of alkyl halides is 3. The zero-order valence-electron chi connectivity index (χ0n) is 22.4. The lowest BCUT2D eigenvalue weighted by Gasteiger charge is -2.29. The van der Waals surface area contributed by atoms with Crippen LogP contribution in [0.4, 0.5) is 18.0 Å². The molecule has 0 saturated heterocycles. The van der Waals surface area contributed by atoms with Crippen molar-refractivity contribution in [3.63, 3.8) is 0 Å². The van der Waals surface area contributed by atoms with Crippen LogP contribution < -0.4 is 5.32 Å². The molecule has 1 heterocycles. The first kappa shape index (κ1) is 29.7. The van der Waals surface area contributed by atoms with Gasteiger partial charge in [0.1, 0.15) is 5.76 Å². The number of hydrogen-bond acceptors (Lipinski definition) is 5. The molecule has 0 fully saturated rings. The molecule has 0 spiro atoms. The molecule has 2 aromatic rings. The van der Waals surface area contributed by atoms with Gasteiger partial charge in [0.05, 0.1) is 25.7 Å². The number of carbonyl (C=O) groups excluding carboxylic acids is 2. The zero-order chi connectivity index (χ0) is 28.4. The topological polar surface area (TPSA) is 80.8 Å². The highest BCUT2D eigenvalue weighted by Gasteiger charge is 2.33. The van der Waals surface area contributed by atoms with E-state index in [-0.39, 0.29) is 31.6 Å². The van der Waals surface area contributed by atoms with Gasteiger partial charge in [0.25, 0.3) is 0 Å². The van der Waals surface area contributed by atoms with E-state index in [4.69, 9.17) is 9.47 Å². The second kappa shape index (κ2) is 13.8. The number of nitrogens with zero attached hydrogens (tertiary/aromatic N) is 2. The van der Waals surface area contributed by atoms with E-state index >= 15 is 0 Å². The molecule has 210 valence electrons. The minimum Gasteiger partial charge on any atom is -0.500 e.